The second-order valence-corrected chi connectivity index (χ2v) is 2.87. The Morgan fingerprint density at radius 2 is 1.46 bits per heavy atom. The summed E-state index contributed by atoms with van der Waals surface area (Å²) in [6.45, 7) is 3.63. The van der Waals surface area contributed by atoms with Crippen LogP contribution in [0.15, 0.2) is 21.2 Å². The van der Waals surface area contributed by atoms with Crippen LogP contribution in [0.25, 0.3) is 0 Å². The van der Waals surface area contributed by atoms with Gasteiger partial charge in [0.1, 0.15) is 11.5 Å². The van der Waals surface area contributed by atoms with Crippen molar-refractivity contribution in [1.29, 1.82) is 0 Å². The molecule has 0 N–H and O–H groups in total. The second kappa shape index (κ2) is 3.05. The Kier molecular flexibility index (Phi) is 1.88. The van der Waals surface area contributed by atoms with Crippen LogP contribution < -0.4 is 0 Å². The van der Waals surface area contributed by atoms with Crippen LogP contribution in [0, 0.1) is 13.8 Å². The zero-order valence-electron chi connectivity index (χ0n) is 7.57. The molecule has 0 fully saturated rings. The van der Waals surface area contributed by atoms with E-state index in [1.807, 2.05) is 13.8 Å². The highest BCUT2D eigenvalue weighted by molar-refractivity contribution is 5.05. The van der Waals surface area contributed by atoms with E-state index in [-0.39, 0.29) is 0 Å². The van der Waals surface area contributed by atoms with Gasteiger partial charge in [-0.05, 0) is 0 Å². The van der Waals surface area contributed by atoms with E-state index in [0.717, 1.165) is 11.5 Å². The first-order chi connectivity index (χ1) is 6.24. The van der Waals surface area contributed by atoms with Gasteiger partial charge in [-0.2, -0.15) is 0 Å². The minimum Gasteiger partial charge on any atom is -0.446 e. The van der Waals surface area contributed by atoms with Crippen LogP contribution in [0.4, 0.5) is 0 Å². The second-order valence-electron chi connectivity index (χ2n) is 2.87. The van der Waals surface area contributed by atoms with Crippen molar-refractivity contribution in [3.8, 4) is 0 Å². The maximum atomic E-state index is 5.30. The van der Waals surface area contributed by atoms with Gasteiger partial charge in [0.25, 0.3) is 0 Å². The van der Waals surface area contributed by atoms with Crippen molar-refractivity contribution in [2.24, 2.45) is 0 Å². The van der Waals surface area contributed by atoms with Gasteiger partial charge in [0.05, 0.1) is 18.8 Å². The minimum absolute atomic E-state index is 0.613. The van der Waals surface area contributed by atoms with Crippen molar-refractivity contribution in [3.63, 3.8) is 0 Å². The molecule has 0 aliphatic carbocycles. The van der Waals surface area contributed by atoms with Crippen molar-refractivity contribution in [3.05, 3.63) is 35.7 Å². The van der Waals surface area contributed by atoms with Crippen LogP contribution >= 0.6 is 0 Å². The molecule has 2 aromatic rings. The lowest BCUT2D eigenvalue weighted by Gasteiger charge is -1.89. The summed E-state index contributed by atoms with van der Waals surface area (Å²) in [6, 6.07) is 0. The summed E-state index contributed by atoms with van der Waals surface area (Å²) in [5, 5.41) is 0. The average molecular weight is 178 g/mol. The predicted molar refractivity (Wildman–Crippen MR) is 45.3 cm³/mol. The Morgan fingerprint density at radius 3 is 1.77 bits per heavy atom. The van der Waals surface area contributed by atoms with E-state index in [0.29, 0.717) is 18.2 Å². The molecule has 0 radical (unpaired) electrons. The van der Waals surface area contributed by atoms with Gasteiger partial charge in [-0.1, -0.05) is 0 Å². The number of aryl methyl sites for hydroxylation is 2. The Balaban J connectivity index is 2.14. The van der Waals surface area contributed by atoms with Crippen LogP contribution in [0.2, 0.25) is 0 Å². The van der Waals surface area contributed by atoms with Crippen LogP contribution in [-0.2, 0) is 6.42 Å². The quantitative estimate of drug-likeness (QED) is 0.704. The number of hydrogen-bond acceptors (Lipinski definition) is 4. The van der Waals surface area contributed by atoms with E-state index in [1.54, 1.807) is 12.4 Å². The molecule has 0 unspecified atom stereocenters. The summed E-state index contributed by atoms with van der Waals surface area (Å²) >= 11 is 0. The van der Waals surface area contributed by atoms with Crippen molar-refractivity contribution in [2.45, 2.75) is 20.3 Å². The van der Waals surface area contributed by atoms with Gasteiger partial charge in [0.2, 0.25) is 0 Å². The molecule has 0 atom stereocenters. The van der Waals surface area contributed by atoms with Gasteiger partial charge >= 0.3 is 0 Å². The zero-order valence-corrected chi connectivity index (χ0v) is 7.57. The van der Waals surface area contributed by atoms with Crippen molar-refractivity contribution >= 4 is 0 Å². The molecule has 13 heavy (non-hydrogen) atoms. The molecule has 2 aromatic heterocycles. The first-order valence-corrected chi connectivity index (χ1v) is 4.06. The third-order valence-electron chi connectivity index (χ3n) is 1.69. The molecule has 0 saturated heterocycles. The van der Waals surface area contributed by atoms with Crippen LogP contribution in [-0.4, -0.2) is 9.97 Å². The van der Waals surface area contributed by atoms with Crippen molar-refractivity contribution in [1.82, 2.24) is 9.97 Å². The standard InChI is InChI=1S/C9H10N2O2/c1-6-10-4-8(12-6)3-9-5-11-7(2)13-9/h4-5H,3H2,1-2H3. The zero-order chi connectivity index (χ0) is 9.26. The predicted octanol–water partition coefficient (Wildman–Crippen LogP) is 1.87. The molecule has 0 aliphatic rings. The summed E-state index contributed by atoms with van der Waals surface area (Å²) in [5.41, 5.74) is 0. The summed E-state index contributed by atoms with van der Waals surface area (Å²) in [6.07, 6.45) is 4.02. The summed E-state index contributed by atoms with van der Waals surface area (Å²) in [5.74, 6) is 2.94. The first kappa shape index (κ1) is 8.04. The molecule has 0 bridgehead atoms. The van der Waals surface area contributed by atoms with Gasteiger partial charge < -0.3 is 8.83 Å². The molecule has 2 rings (SSSR count). The lowest BCUT2D eigenvalue weighted by atomic mass is 10.3. The molecular formula is C9H10N2O2. The number of aromatic nitrogens is 2. The molecule has 4 nitrogen and oxygen atoms in total. The molecular weight excluding hydrogens is 168 g/mol. The molecule has 2 heterocycles. The highest BCUT2D eigenvalue weighted by Crippen LogP contribution is 2.11. The molecule has 4 heteroatoms. The van der Waals surface area contributed by atoms with Gasteiger partial charge in [-0.15, -0.1) is 0 Å². The third kappa shape index (κ3) is 1.77. The maximum absolute atomic E-state index is 5.30. The van der Waals surface area contributed by atoms with E-state index < -0.39 is 0 Å². The molecule has 0 aromatic carbocycles. The summed E-state index contributed by atoms with van der Waals surface area (Å²) in [4.78, 5) is 7.98. The number of hydrogen-bond donors (Lipinski definition) is 0. The molecule has 0 saturated carbocycles. The maximum Gasteiger partial charge on any atom is 0.191 e. The number of oxazole rings is 2. The SMILES string of the molecule is Cc1ncc(Cc2cnc(C)o2)o1. The minimum atomic E-state index is 0.613. The highest BCUT2D eigenvalue weighted by atomic mass is 16.4. The summed E-state index contributed by atoms with van der Waals surface area (Å²) in [7, 11) is 0. The lowest BCUT2D eigenvalue weighted by molar-refractivity contribution is 0.444. The normalized spacial score (nSPS) is 10.6. The molecule has 0 aliphatic heterocycles. The van der Waals surface area contributed by atoms with Crippen molar-refractivity contribution < 1.29 is 8.83 Å². The largest absolute Gasteiger partial charge is 0.446 e. The van der Waals surface area contributed by atoms with E-state index in [1.165, 1.54) is 0 Å². The van der Waals surface area contributed by atoms with Gasteiger partial charge in [0.15, 0.2) is 11.8 Å². The molecule has 68 valence electrons. The van der Waals surface area contributed by atoms with Crippen LogP contribution in [0.3, 0.4) is 0 Å². The fraction of sp³-hybridized carbons (Fsp3) is 0.333. The monoisotopic (exact) mass is 178 g/mol. The fourth-order valence-corrected chi connectivity index (χ4v) is 1.15. The molecule has 0 spiro atoms. The Morgan fingerprint density at radius 1 is 1.00 bits per heavy atom. The highest BCUT2D eigenvalue weighted by Gasteiger charge is 2.05. The first-order valence-electron chi connectivity index (χ1n) is 4.06. The van der Waals surface area contributed by atoms with Gasteiger partial charge in [0, 0.05) is 13.8 Å². The topological polar surface area (TPSA) is 52.1 Å². The summed E-state index contributed by atoms with van der Waals surface area (Å²) < 4.78 is 10.6. The van der Waals surface area contributed by atoms with Crippen LogP contribution in [0.1, 0.15) is 23.3 Å². The number of rotatable bonds is 2. The number of nitrogens with zero attached hydrogens (tertiary/aromatic N) is 2. The van der Waals surface area contributed by atoms with E-state index in [4.69, 9.17) is 8.83 Å². The molecule has 0 amide bonds. The Hall–Kier alpha value is -1.58. The van der Waals surface area contributed by atoms with Gasteiger partial charge in [-0.3, -0.25) is 0 Å². The Bertz CT molecular complexity index is 365. The van der Waals surface area contributed by atoms with Crippen LogP contribution in [0.5, 0.6) is 0 Å². The smallest absolute Gasteiger partial charge is 0.191 e. The fourth-order valence-electron chi connectivity index (χ4n) is 1.15. The third-order valence-corrected chi connectivity index (χ3v) is 1.69. The lowest BCUT2D eigenvalue weighted by Crippen LogP contribution is -1.80. The average Bonchev–Trinajstić information content (AvgIpc) is 2.62. The van der Waals surface area contributed by atoms with E-state index >= 15 is 0 Å². The van der Waals surface area contributed by atoms with Gasteiger partial charge in [-0.25, -0.2) is 9.97 Å². The van der Waals surface area contributed by atoms with Crippen molar-refractivity contribution in [2.75, 3.05) is 0 Å². The van der Waals surface area contributed by atoms with E-state index in [2.05, 4.69) is 9.97 Å². The van der Waals surface area contributed by atoms with E-state index in [9.17, 15) is 0 Å². The Labute approximate surface area is 75.6 Å².